The van der Waals surface area contributed by atoms with Crippen molar-refractivity contribution in [2.24, 2.45) is 0 Å². The number of rotatable bonds is 4. The lowest BCUT2D eigenvalue weighted by Crippen LogP contribution is -2.34. The summed E-state index contributed by atoms with van der Waals surface area (Å²) in [7, 11) is 1.82. The second-order valence-electron chi connectivity index (χ2n) is 6.77. The number of benzene rings is 1. The van der Waals surface area contributed by atoms with Crippen LogP contribution in [-0.4, -0.2) is 42.7 Å². The first-order valence-corrected chi connectivity index (χ1v) is 9.06. The summed E-state index contributed by atoms with van der Waals surface area (Å²) in [5.41, 5.74) is 1.67. The highest BCUT2D eigenvalue weighted by Crippen LogP contribution is 2.33. The van der Waals surface area contributed by atoms with Crippen molar-refractivity contribution in [1.29, 1.82) is 0 Å². The Morgan fingerprint density at radius 2 is 1.96 bits per heavy atom. The maximum Gasteiger partial charge on any atom is 0.257 e. The minimum atomic E-state index is -0.0173. The van der Waals surface area contributed by atoms with Crippen molar-refractivity contribution in [2.45, 2.75) is 25.8 Å². The van der Waals surface area contributed by atoms with Crippen LogP contribution in [0.2, 0.25) is 0 Å². The lowest BCUT2D eigenvalue weighted by Gasteiger charge is -2.30. The molecule has 0 radical (unpaired) electrons. The van der Waals surface area contributed by atoms with Gasteiger partial charge < -0.3 is 19.3 Å². The zero-order valence-electron chi connectivity index (χ0n) is 15.0. The number of carbonyl (C=O) groups excluding carboxylic acids is 1. The zero-order valence-corrected chi connectivity index (χ0v) is 15.0. The Kier molecular flexibility index (Phi) is 4.65. The van der Waals surface area contributed by atoms with E-state index in [4.69, 9.17) is 9.47 Å². The molecule has 3 heterocycles. The molecule has 0 bridgehead atoms. The molecule has 0 unspecified atom stereocenters. The summed E-state index contributed by atoms with van der Waals surface area (Å²) in [5, 5.41) is 0. The third kappa shape index (κ3) is 3.31. The topological polar surface area (TPSA) is 54.9 Å². The number of anilines is 1. The highest BCUT2D eigenvalue weighted by Gasteiger charge is 2.22. The molecule has 1 amide bonds. The molecule has 0 atom stereocenters. The smallest absolute Gasteiger partial charge is 0.257 e. The van der Waals surface area contributed by atoms with Gasteiger partial charge >= 0.3 is 0 Å². The number of fused-ring (bicyclic) bond motifs is 1. The molecule has 0 saturated carbocycles. The standard InChI is InChI=1S/C20H23N3O3/c1-22(13-15-7-8-17-18(12-15)26-14-25-17)20(24)16-6-5-9-21-19(16)23-10-3-2-4-11-23/h5-9,12H,2-4,10-11,13-14H2,1H3. The first kappa shape index (κ1) is 16.7. The largest absolute Gasteiger partial charge is 0.454 e. The fourth-order valence-corrected chi connectivity index (χ4v) is 3.51. The van der Waals surface area contributed by atoms with Crippen LogP contribution in [0.25, 0.3) is 0 Å². The molecule has 6 nitrogen and oxygen atoms in total. The van der Waals surface area contributed by atoms with Crippen LogP contribution in [0.4, 0.5) is 5.82 Å². The number of piperidine rings is 1. The average Bonchev–Trinajstić information content (AvgIpc) is 3.16. The van der Waals surface area contributed by atoms with E-state index in [9.17, 15) is 4.79 Å². The highest BCUT2D eigenvalue weighted by atomic mass is 16.7. The van der Waals surface area contributed by atoms with Gasteiger partial charge in [-0.05, 0) is 49.1 Å². The average molecular weight is 353 g/mol. The summed E-state index contributed by atoms with van der Waals surface area (Å²) in [6.07, 6.45) is 5.31. The van der Waals surface area contributed by atoms with E-state index >= 15 is 0 Å². The molecule has 1 saturated heterocycles. The van der Waals surface area contributed by atoms with Crippen LogP contribution >= 0.6 is 0 Å². The lowest BCUT2D eigenvalue weighted by molar-refractivity contribution is 0.0785. The predicted octanol–water partition coefficient (Wildman–Crippen LogP) is 3.07. The van der Waals surface area contributed by atoms with Crippen LogP contribution in [0, 0.1) is 0 Å². The Balaban J connectivity index is 1.52. The molecule has 1 fully saturated rings. The third-order valence-corrected chi connectivity index (χ3v) is 4.88. The van der Waals surface area contributed by atoms with Crippen molar-refractivity contribution in [3.8, 4) is 11.5 Å². The van der Waals surface area contributed by atoms with E-state index in [1.807, 2.05) is 37.4 Å². The molecule has 2 aromatic rings. The van der Waals surface area contributed by atoms with Crippen molar-refractivity contribution in [3.05, 3.63) is 47.7 Å². The number of aromatic nitrogens is 1. The number of ether oxygens (including phenoxy) is 2. The predicted molar refractivity (Wildman–Crippen MR) is 98.7 cm³/mol. The molecule has 0 N–H and O–H groups in total. The van der Waals surface area contributed by atoms with Crippen LogP contribution in [0.5, 0.6) is 11.5 Å². The maximum atomic E-state index is 13.0. The fraction of sp³-hybridized carbons (Fsp3) is 0.400. The van der Waals surface area contributed by atoms with Gasteiger partial charge in [0.15, 0.2) is 11.5 Å². The molecule has 26 heavy (non-hydrogen) atoms. The number of carbonyl (C=O) groups is 1. The number of pyridine rings is 1. The molecule has 4 rings (SSSR count). The normalized spacial score (nSPS) is 15.8. The summed E-state index contributed by atoms with van der Waals surface area (Å²) in [5.74, 6) is 2.27. The van der Waals surface area contributed by atoms with Crippen molar-refractivity contribution >= 4 is 11.7 Å². The number of nitrogens with zero attached hydrogens (tertiary/aromatic N) is 3. The molecular formula is C20H23N3O3. The van der Waals surface area contributed by atoms with Crippen molar-refractivity contribution in [2.75, 3.05) is 31.8 Å². The van der Waals surface area contributed by atoms with Gasteiger partial charge in [0.05, 0.1) is 5.56 Å². The van der Waals surface area contributed by atoms with Gasteiger partial charge in [-0.25, -0.2) is 4.98 Å². The van der Waals surface area contributed by atoms with Gasteiger partial charge in [-0.2, -0.15) is 0 Å². The fourth-order valence-electron chi connectivity index (χ4n) is 3.51. The molecule has 1 aromatic heterocycles. The monoisotopic (exact) mass is 353 g/mol. The van der Waals surface area contributed by atoms with Crippen LogP contribution in [0.1, 0.15) is 35.2 Å². The van der Waals surface area contributed by atoms with E-state index in [2.05, 4.69) is 9.88 Å². The summed E-state index contributed by atoms with van der Waals surface area (Å²) < 4.78 is 10.8. The van der Waals surface area contributed by atoms with E-state index in [0.717, 1.165) is 48.8 Å². The summed E-state index contributed by atoms with van der Waals surface area (Å²) in [4.78, 5) is 21.5. The second kappa shape index (κ2) is 7.23. The molecule has 6 heteroatoms. The van der Waals surface area contributed by atoms with Gasteiger partial charge in [0.2, 0.25) is 6.79 Å². The Bertz CT molecular complexity index is 803. The van der Waals surface area contributed by atoms with E-state index in [-0.39, 0.29) is 12.7 Å². The Labute approximate surface area is 153 Å². The van der Waals surface area contributed by atoms with Crippen molar-refractivity contribution in [1.82, 2.24) is 9.88 Å². The molecular weight excluding hydrogens is 330 g/mol. The minimum absolute atomic E-state index is 0.0173. The Hall–Kier alpha value is -2.76. The molecule has 136 valence electrons. The Morgan fingerprint density at radius 3 is 2.81 bits per heavy atom. The molecule has 2 aliphatic rings. The molecule has 2 aliphatic heterocycles. The first-order chi connectivity index (χ1) is 12.7. The third-order valence-electron chi connectivity index (χ3n) is 4.88. The van der Waals surface area contributed by atoms with E-state index < -0.39 is 0 Å². The van der Waals surface area contributed by atoms with Gasteiger partial charge in [-0.3, -0.25) is 4.79 Å². The highest BCUT2D eigenvalue weighted by molar-refractivity contribution is 5.98. The Morgan fingerprint density at radius 1 is 1.15 bits per heavy atom. The van der Waals surface area contributed by atoms with E-state index in [0.29, 0.717) is 12.1 Å². The lowest BCUT2D eigenvalue weighted by atomic mass is 10.1. The van der Waals surface area contributed by atoms with Gasteiger partial charge in [0, 0.05) is 32.9 Å². The van der Waals surface area contributed by atoms with E-state index in [1.165, 1.54) is 6.42 Å². The maximum absolute atomic E-state index is 13.0. The van der Waals surface area contributed by atoms with Crippen LogP contribution in [-0.2, 0) is 6.54 Å². The van der Waals surface area contributed by atoms with Gasteiger partial charge in [-0.1, -0.05) is 6.07 Å². The number of amides is 1. The van der Waals surface area contributed by atoms with Crippen LogP contribution in [0.15, 0.2) is 36.5 Å². The molecule has 0 aliphatic carbocycles. The summed E-state index contributed by atoms with van der Waals surface area (Å²) >= 11 is 0. The number of hydrogen-bond acceptors (Lipinski definition) is 5. The summed E-state index contributed by atoms with van der Waals surface area (Å²) in [6.45, 7) is 2.68. The summed E-state index contributed by atoms with van der Waals surface area (Å²) in [6, 6.07) is 9.48. The molecule has 1 aromatic carbocycles. The van der Waals surface area contributed by atoms with Crippen molar-refractivity contribution < 1.29 is 14.3 Å². The van der Waals surface area contributed by atoms with Gasteiger partial charge in [-0.15, -0.1) is 0 Å². The van der Waals surface area contributed by atoms with Crippen molar-refractivity contribution in [3.63, 3.8) is 0 Å². The second-order valence-corrected chi connectivity index (χ2v) is 6.77. The van der Waals surface area contributed by atoms with Gasteiger partial charge in [0.1, 0.15) is 5.82 Å². The quantitative estimate of drug-likeness (QED) is 0.845. The number of hydrogen-bond donors (Lipinski definition) is 0. The first-order valence-electron chi connectivity index (χ1n) is 9.06. The SMILES string of the molecule is CN(Cc1ccc2c(c1)OCO2)C(=O)c1cccnc1N1CCCCC1. The van der Waals surface area contributed by atoms with E-state index in [1.54, 1.807) is 11.1 Å². The zero-order chi connectivity index (χ0) is 17.9. The van der Waals surface area contributed by atoms with Crippen LogP contribution in [0.3, 0.4) is 0 Å². The molecule has 0 spiro atoms. The minimum Gasteiger partial charge on any atom is -0.454 e. The van der Waals surface area contributed by atoms with Gasteiger partial charge in [0.25, 0.3) is 5.91 Å². The van der Waals surface area contributed by atoms with Crippen LogP contribution < -0.4 is 14.4 Å².